The topological polar surface area (TPSA) is 107 Å². The fraction of sp³-hybridized carbons (Fsp3) is 0.0833. The van der Waals surface area contributed by atoms with Gasteiger partial charge in [-0.1, -0.05) is 23.9 Å². The molecular weight excluding hydrogens is 262 g/mol. The van der Waals surface area contributed by atoms with E-state index in [2.05, 4.69) is 15.4 Å². The Kier molecular flexibility index (Phi) is 4.32. The minimum atomic E-state index is -0.308. The first kappa shape index (κ1) is 13.3. The Balaban J connectivity index is 2.01. The summed E-state index contributed by atoms with van der Waals surface area (Å²) in [5, 5.41) is 0.700. The lowest BCUT2D eigenvalue weighted by atomic mass is 10.1. The monoisotopic (exact) mass is 275 g/mol. The van der Waals surface area contributed by atoms with E-state index in [4.69, 9.17) is 11.6 Å². The number of thioether (sulfide) groups is 1. The fourth-order valence-corrected chi connectivity index (χ4v) is 2.27. The number of carbonyl (C=O) groups excluding carboxylic acids is 1. The molecule has 1 amide bonds. The number of nitrogens with one attached hydrogen (secondary N) is 1. The van der Waals surface area contributed by atoms with Gasteiger partial charge in [-0.3, -0.25) is 10.2 Å². The summed E-state index contributed by atoms with van der Waals surface area (Å²) in [4.78, 5) is 19.4. The molecule has 2 rings (SSSR count). The molecule has 7 heteroatoms. The number of amides is 1. The van der Waals surface area contributed by atoms with Crippen LogP contribution in [-0.4, -0.2) is 15.9 Å². The highest BCUT2D eigenvalue weighted by molar-refractivity contribution is 7.98. The third kappa shape index (κ3) is 3.43. The number of benzene rings is 1. The van der Waals surface area contributed by atoms with Crippen molar-refractivity contribution in [2.75, 3.05) is 5.73 Å². The maximum atomic E-state index is 11.3. The summed E-state index contributed by atoms with van der Waals surface area (Å²) >= 11 is 1.50. The van der Waals surface area contributed by atoms with Gasteiger partial charge in [-0.2, -0.15) is 0 Å². The van der Waals surface area contributed by atoms with Crippen LogP contribution in [0.2, 0.25) is 0 Å². The summed E-state index contributed by atoms with van der Waals surface area (Å²) < 4.78 is 0. The Morgan fingerprint density at radius 1 is 1.21 bits per heavy atom. The molecule has 1 aromatic carbocycles. The van der Waals surface area contributed by atoms with E-state index in [0.29, 0.717) is 22.2 Å². The summed E-state index contributed by atoms with van der Waals surface area (Å²) in [7, 11) is 0. The predicted octanol–water partition coefficient (Wildman–Crippen LogP) is 0.955. The van der Waals surface area contributed by atoms with Crippen LogP contribution < -0.4 is 17.0 Å². The zero-order chi connectivity index (χ0) is 13.7. The Morgan fingerprint density at radius 3 is 2.53 bits per heavy atom. The number of nitrogens with two attached hydrogens (primary N) is 2. The molecule has 0 atom stereocenters. The molecule has 0 aliphatic carbocycles. The summed E-state index contributed by atoms with van der Waals surface area (Å²) in [6.07, 6.45) is 3.16. The molecule has 2 aromatic rings. The Labute approximate surface area is 114 Å². The molecule has 1 heterocycles. The predicted molar refractivity (Wildman–Crippen MR) is 74.1 cm³/mol. The van der Waals surface area contributed by atoms with Crippen LogP contribution >= 0.6 is 11.8 Å². The van der Waals surface area contributed by atoms with Crippen LogP contribution in [0.1, 0.15) is 15.9 Å². The number of hydrazine groups is 1. The molecule has 0 aliphatic rings. The molecule has 1 aromatic heterocycles. The number of carbonyl (C=O) groups is 1. The van der Waals surface area contributed by atoms with Crippen molar-refractivity contribution in [3.8, 4) is 0 Å². The lowest BCUT2D eigenvalue weighted by molar-refractivity contribution is 0.0953. The molecule has 0 fully saturated rings. The Bertz CT molecular complexity index is 573. The number of nitrogens with zero attached hydrogens (tertiary/aromatic N) is 2. The number of hydrogen-bond donors (Lipinski definition) is 3. The fourth-order valence-electron chi connectivity index (χ4n) is 1.43. The Hall–Kier alpha value is -2.12. The molecular formula is C12H13N5OS. The summed E-state index contributed by atoms with van der Waals surface area (Å²) in [6, 6.07) is 7.17. The van der Waals surface area contributed by atoms with Crippen molar-refractivity contribution in [2.24, 2.45) is 5.84 Å². The first-order valence-corrected chi connectivity index (χ1v) is 6.48. The summed E-state index contributed by atoms with van der Waals surface area (Å²) in [6.45, 7) is 0. The van der Waals surface area contributed by atoms with Crippen LogP contribution in [-0.2, 0) is 5.75 Å². The van der Waals surface area contributed by atoms with Crippen LogP contribution in [0.4, 0.5) is 5.82 Å². The van der Waals surface area contributed by atoms with Crippen LogP contribution in [0.25, 0.3) is 0 Å². The van der Waals surface area contributed by atoms with Gasteiger partial charge in [0.25, 0.3) is 5.91 Å². The van der Waals surface area contributed by atoms with Gasteiger partial charge in [-0.05, 0) is 17.7 Å². The second-order valence-corrected chi connectivity index (χ2v) is 4.67. The van der Waals surface area contributed by atoms with Crippen molar-refractivity contribution in [3.05, 3.63) is 47.8 Å². The lowest BCUT2D eigenvalue weighted by Gasteiger charge is -2.04. The number of hydrogen-bond acceptors (Lipinski definition) is 6. The highest BCUT2D eigenvalue weighted by Crippen LogP contribution is 2.24. The van der Waals surface area contributed by atoms with Crippen molar-refractivity contribution in [1.29, 1.82) is 0 Å². The maximum absolute atomic E-state index is 11.3. The number of aromatic nitrogens is 2. The highest BCUT2D eigenvalue weighted by atomic mass is 32.2. The average molecular weight is 275 g/mol. The number of rotatable bonds is 4. The quantitative estimate of drug-likeness (QED) is 0.332. The van der Waals surface area contributed by atoms with Crippen molar-refractivity contribution >= 4 is 23.5 Å². The molecule has 5 N–H and O–H groups in total. The van der Waals surface area contributed by atoms with Gasteiger partial charge in [-0.25, -0.2) is 15.8 Å². The van der Waals surface area contributed by atoms with Crippen molar-refractivity contribution in [2.45, 2.75) is 10.8 Å². The highest BCUT2D eigenvalue weighted by Gasteiger charge is 2.05. The van der Waals surface area contributed by atoms with E-state index in [9.17, 15) is 4.79 Å². The van der Waals surface area contributed by atoms with E-state index < -0.39 is 0 Å². The van der Waals surface area contributed by atoms with Gasteiger partial charge in [0.15, 0.2) is 5.82 Å². The minimum Gasteiger partial charge on any atom is -0.381 e. The first-order chi connectivity index (χ1) is 9.20. The Morgan fingerprint density at radius 2 is 1.89 bits per heavy atom. The molecule has 0 bridgehead atoms. The number of nitrogen functional groups attached to an aromatic ring is 2. The summed E-state index contributed by atoms with van der Waals surface area (Å²) in [5.74, 6) is 5.88. The van der Waals surface area contributed by atoms with E-state index in [-0.39, 0.29) is 5.91 Å². The van der Waals surface area contributed by atoms with E-state index in [1.54, 1.807) is 24.5 Å². The second-order valence-electron chi connectivity index (χ2n) is 3.71. The van der Waals surface area contributed by atoms with Crippen molar-refractivity contribution in [3.63, 3.8) is 0 Å². The van der Waals surface area contributed by atoms with Gasteiger partial charge >= 0.3 is 0 Å². The first-order valence-electron chi connectivity index (χ1n) is 5.50. The second kappa shape index (κ2) is 6.17. The van der Waals surface area contributed by atoms with Crippen molar-refractivity contribution < 1.29 is 4.79 Å². The molecule has 19 heavy (non-hydrogen) atoms. The van der Waals surface area contributed by atoms with Crippen LogP contribution in [0.15, 0.2) is 41.7 Å². The van der Waals surface area contributed by atoms with Crippen LogP contribution in [0, 0.1) is 0 Å². The van der Waals surface area contributed by atoms with Crippen LogP contribution in [0.5, 0.6) is 0 Å². The third-order valence-electron chi connectivity index (χ3n) is 2.41. The smallest absolute Gasteiger partial charge is 0.265 e. The van der Waals surface area contributed by atoms with E-state index >= 15 is 0 Å². The third-order valence-corrected chi connectivity index (χ3v) is 3.48. The SMILES string of the molecule is NNC(=O)c1ccc(CSc2nccnc2N)cc1. The molecule has 6 nitrogen and oxygen atoms in total. The van der Waals surface area contributed by atoms with Gasteiger partial charge in [0.2, 0.25) is 0 Å². The molecule has 0 spiro atoms. The normalized spacial score (nSPS) is 10.2. The van der Waals surface area contributed by atoms with E-state index in [1.807, 2.05) is 12.1 Å². The average Bonchev–Trinajstić information content (AvgIpc) is 2.46. The molecule has 98 valence electrons. The zero-order valence-corrected chi connectivity index (χ0v) is 10.9. The lowest BCUT2D eigenvalue weighted by Crippen LogP contribution is -2.29. The maximum Gasteiger partial charge on any atom is 0.265 e. The molecule has 0 saturated heterocycles. The number of anilines is 1. The van der Waals surface area contributed by atoms with Gasteiger partial charge in [-0.15, -0.1) is 0 Å². The minimum absolute atomic E-state index is 0.308. The van der Waals surface area contributed by atoms with Gasteiger partial charge in [0, 0.05) is 23.7 Å². The van der Waals surface area contributed by atoms with E-state index in [0.717, 1.165) is 5.56 Å². The van der Waals surface area contributed by atoms with Gasteiger partial charge in [0.1, 0.15) is 5.03 Å². The van der Waals surface area contributed by atoms with Crippen LogP contribution in [0.3, 0.4) is 0 Å². The molecule has 0 saturated carbocycles. The zero-order valence-electron chi connectivity index (χ0n) is 10.0. The van der Waals surface area contributed by atoms with Crippen molar-refractivity contribution in [1.82, 2.24) is 15.4 Å². The standard InChI is InChI=1S/C12H13N5OS/c13-10-12(16-6-5-15-10)19-7-8-1-3-9(4-2-8)11(18)17-14/h1-6H,7,14H2,(H2,13,15)(H,17,18). The molecule has 0 aliphatic heterocycles. The van der Waals surface area contributed by atoms with Gasteiger partial charge in [0.05, 0.1) is 0 Å². The molecule has 0 radical (unpaired) electrons. The van der Waals surface area contributed by atoms with Gasteiger partial charge < -0.3 is 5.73 Å². The largest absolute Gasteiger partial charge is 0.381 e. The summed E-state index contributed by atoms with van der Waals surface area (Å²) in [5.41, 5.74) is 9.37. The molecule has 0 unspecified atom stereocenters. The van der Waals surface area contributed by atoms with E-state index in [1.165, 1.54) is 11.8 Å².